The van der Waals surface area contributed by atoms with Crippen LogP contribution in [0, 0.1) is 0 Å². The van der Waals surface area contributed by atoms with Crippen LogP contribution in [0.1, 0.15) is 17.2 Å². The van der Waals surface area contributed by atoms with Gasteiger partial charge in [0, 0.05) is 5.56 Å². The number of alkyl halides is 3. The molecule has 0 aliphatic heterocycles. The van der Waals surface area contributed by atoms with Crippen LogP contribution in [0.3, 0.4) is 0 Å². The van der Waals surface area contributed by atoms with Crippen LogP contribution in [0.5, 0.6) is 11.5 Å². The number of nitrogens with two attached hydrogens (primary N) is 1. The van der Waals surface area contributed by atoms with E-state index in [-0.39, 0.29) is 12.4 Å². The second-order valence-corrected chi connectivity index (χ2v) is 4.69. The number of ether oxygens (including phenoxy) is 2. The minimum atomic E-state index is -4.40. The van der Waals surface area contributed by atoms with Gasteiger partial charge in [-0.3, -0.25) is 0 Å². The zero-order chi connectivity index (χ0) is 16.2. The van der Waals surface area contributed by atoms with E-state index in [4.69, 9.17) is 15.2 Å². The minimum absolute atomic E-state index is 0.0433. The quantitative estimate of drug-likeness (QED) is 0.913. The molecule has 0 bridgehead atoms. The van der Waals surface area contributed by atoms with Crippen LogP contribution in [-0.2, 0) is 6.18 Å². The van der Waals surface area contributed by atoms with E-state index >= 15 is 0 Å². The van der Waals surface area contributed by atoms with Gasteiger partial charge in [0.15, 0.2) is 0 Å². The second-order valence-electron chi connectivity index (χ2n) is 4.69. The van der Waals surface area contributed by atoms with Gasteiger partial charge >= 0.3 is 6.18 Å². The summed E-state index contributed by atoms with van der Waals surface area (Å²) in [6.07, 6.45) is -4.40. The highest BCUT2D eigenvalue weighted by atomic mass is 19.4. The van der Waals surface area contributed by atoms with E-state index in [1.54, 1.807) is 12.1 Å². The van der Waals surface area contributed by atoms with Crippen molar-refractivity contribution in [3.63, 3.8) is 0 Å². The fourth-order valence-electron chi connectivity index (χ4n) is 2.01. The lowest BCUT2D eigenvalue weighted by Gasteiger charge is -2.17. The Morgan fingerprint density at radius 1 is 1.09 bits per heavy atom. The van der Waals surface area contributed by atoms with Crippen molar-refractivity contribution in [2.24, 2.45) is 5.73 Å². The molecule has 0 aromatic heterocycles. The average molecular weight is 311 g/mol. The van der Waals surface area contributed by atoms with Gasteiger partial charge in [0.05, 0.1) is 18.7 Å². The average Bonchev–Trinajstić information content (AvgIpc) is 2.52. The Balaban J connectivity index is 2.07. The molecular formula is C16H16F3NO2. The van der Waals surface area contributed by atoms with Crippen LogP contribution >= 0.6 is 0 Å². The zero-order valence-corrected chi connectivity index (χ0v) is 11.9. The highest BCUT2D eigenvalue weighted by Crippen LogP contribution is 2.31. The van der Waals surface area contributed by atoms with E-state index in [1.807, 2.05) is 12.1 Å². The third-order valence-corrected chi connectivity index (χ3v) is 3.13. The number of benzene rings is 2. The molecule has 0 saturated carbocycles. The van der Waals surface area contributed by atoms with E-state index in [2.05, 4.69) is 0 Å². The van der Waals surface area contributed by atoms with E-state index in [0.717, 1.165) is 17.7 Å². The molecule has 2 aromatic carbocycles. The number of methoxy groups -OCH3 is 1. The topological polar surface area (TPSA) is 44.5 Å². The molecule has 0 saturated heterocycles. The molecule has 0 radical (unpaired) electrons. The first-order valence-electron chi connectivity index (χ1n) is 6.60. The van der Waals surface area contributed by atoms with Gasteiger partial charge < -0.3 is 15.2 Å². The highest BCUT2D eigenvalue weighted by Gasteiger charge is 2.30. The molecule has 0 aliphatic rings. The Hall–Kier alpha value is -2.21. The minimum Gasteiger partial charge on any atom is -0.496 e. The first kappa shape index (κ1) is 16.2. The molecule has 2 aromatic rings. The number of hydrogen-bond donors (Lipinski definition) is 1. The highest BCUT2D eigenvalue weighted by molar-refractivity contribution is 5.36. The summed E-state index contributed by atoms with van der Waals surface area (Å²) in [5, 5.41) is 0. The molecule has 22 heavy (non-hydrogen) atoms. The number of rotatable bonds is 5. The molecule has 0 fully saturated rings. The normalized spacial score (nSPS) is 12.8. The molecule has 118 valence electrons. The molecule has 2 rings (SSSR count). The Bertz CT molecular complexity index is 629. The summed E-state index contributed by atoms with van der Waals surface area (Å²) < 4.78 is 48.5. The largest absolute Gasteiger partial charge is 0.496 e. The maximum Gasteiger partial charge on any atom is 0.416 e. The Labute approximate surface area is 126 Å². The van der Waals surface area contributed by atoms with Gasteiger partial charge in [-0.2, -0.15) is 13.2 Å². The van der Waals surface area contributed by atoms with E-state index in [0.29, 0.717) is 5.75 Å². The van der Waals surface area contributed by atoms with Crippen LogP contribution in [0.2, 0.25) is 0 Å². The van der Waals surface area contributed by atoms with Crippen molar-refractivity contribution >= 4 is 0 Å². The predicted octanol–water partition coefficient (Wildman–Crippen LogP) is 3.79. The molecule has 0 amide bonds. The van der Waals surface area contributed by atoms with Crippen molar-refractivity contribution in [1.29, 1.82) is 0 Å². The van der Waals surface area contributed by atoms with Gasteiger partial charge in [-0.05, 0) is 24.3 Å². The van der Waals surface area contributed by atoms with Gasteiger partial charge in [-0.25, -0.2) is 0 Å². The number of hydrogen-bond acceptors (Lipinski definition) is 3. The molecule has 2 N–H and O–H groups in total. The molecule has 0 spiro atoms. The summed E-state index contributed by atoms with van der Waals surface area (Å²) in [4.78, 5) is 0. The van der Waals surface area contributed by atoms with E-state index < -0.39 is 17.8 Å². The van der Waals surface area contributed by atoms with Gasteiger partial charge in [0.25, 0.3) is 0 Å². The molecular weight excluding hydrogens is 295 g/mol. The van der Waals surface area contributed by atoms with Crippen LogP contribution in [0.4, 0.5) is 13.2 Å². The monoisotopic (exact) mass is 311 g/mol. The van der Waals surface area contributed by atoms with Crippen molar-refractivity contribution in [1.82, 2.24) is 0 Å². The van der Waals surface area contributed by atoms with Crippen LogP contribution < -0.4 is 15.2 Å². The fourth-order valence-corrected chi connectivity index (χ4v) is 2.01. The van der Waals surface area contributed by atoms with Crippen molar-refractivity contribution in [2.45, 2.75) is 12.2 Å². The standard InChI is InChI=1S/C16H16F3NO2/c1-21-15-8-3-2-7-13(15)14(20)10-22-12-6-4-5-11(9-12)16(17,18)19/h2-9,14H,10,20H2,1H3. The van der Waals surface area contributed by atoms with Crippen molar-refractivity contribution in [3.8, 4) is 11.5 Å². The summed E-state index contributed by atoms with van der Waals surface area (Å²) in [5.74, 6) is 0.739. The SMILES string of the molecule is COc1ccccc1C(N)COc1cccc(C(F)(F)F)c1. The smallest absolute Gasteiger partial charge is 0.416 e. The third kappa shape index (κ3) is 3.92. The zero-order valence-electron chi connectivity index (χ0n) is 11.9. The predicted molar refractivity (Wildman–Crippen MR) is 76.9 cm³/mol. The molecule has 1 atom stereocenters. The second kappa shape index (κ2) is 6.70. The van der Waals surface area contributed by atoms with Crippen LogP contribution in [-0.4, -0.2) is 13.7 Å². The van der Waals surface area contributed by atoms with Crippen molar-refractivity contribution in [2.75, 3.05) is 13.7 Å². The Morgan fingerprint density at radius 3 is 2.50 bits per heavy atom. The summed E-state index contributed by atoms with van der Waals surface area (Å²) in [6.45, 7) is 0.0433. The summed E-state index contributed by atoms with van der Waals surface area (Å²) >= 11 is 0. The first-order valence-corrected chi connectivity index (χ1v) is 6.60. The van der Waals surface area contributed by atoms with Crippen LogP contribution in [0.25, 0.3) is 0 Å². The lowest BCUT2D eigenvalue weighted by Crippen LogP contribution is -2.19. The van der Waals surface area contributed by atoms with Gasteiger partial charge in [-0.15, -0.1) is 0 Å². The molecule has 6 heteroatoms. The molecule has 1 unspecified atom stereocenters. The third-order valence-electron chi connectivity index (χ3n) is 3.13. The molecule has 0 heterocycles. The molecule has 0 aliphatic carbocycles. The van der Waals surface area contributed by atoms with Gasteiger partial charge in [0.1, 0.15) is 18.1 Å². The number of para-hydroxylation sites is 1. The maximum absolute atomic E-state index is 12.6. The summed E-state index contributed by atoms with van der Waals surface area (Å²) in [6, 6.07) is 11.4. The van der Waals surface area contributed by atoms with E-state index in [9.17, 15) is 13.2 Å². The summed E-state index contributed by atoms with van der Waals surface area (Å²) in [7, 11) is 1.53. The lowest BCUT2D eigenvalue weighted by molar-refractivity contribution is -0.137. The summed E-state index contributed by atoms with van der Waals surface area (Å²) in [5.41, 5.74) is 6.00. The van der Waals surface area contributed by atoms with Gasteiger partial charge in [0.2, 0.25) is 0 Å². The lowest BCUT2D eigenvalue weighted by atomic mass is 10.1. The van der Waals surface area contributed by atoms with Crippen LogP contribution in [0.15, 0.2) is 48.5 Å². The first-order chi connectivity index (χ1) is 10.4. The maximum atomic E-state index is 12.6. The molecule has 3 nitrogen and oxygen atoms in total. The fraction of sp³-hybridized carbons (Fsp3) is 0.250. The number of halogens is 3. The van der Waals surface area contributed by atoms with E-state index in [1.165, 1.54) is 19.2 Å². The Kier molecular flexibility index (Phi) is 4.92. The van der Waals surface area contributed by atoms with Gasteiger partial charge in [-0.1, -0.05) is 24.3 Å². The van der Waals surface area contributed by atoms with Crippen molar-refractivity contribution in [3.05, 3.63) is 59.7 Å². The van der Waals surface area contributed by atoms with Crippen molar-refractivity contribution < 1.29 is 22.6 Å². The Morgan fingerprint density at radius 2 is 1.82 bits per heavy atom.